The van der Waals surface area contributed by atoms with E-state index < -0.39 is 0 Å². The SMILES string of the molecule is CC(=O)N1CCCC(CNc2nc(-c3ccccc3)nc3c2CCNC3)C1. The lowest BCUT2D eigenvalue weighted by Crippen LogP contribution is -2.40. The third-order valence-electron chi connectivity index (χ3n) is 5.49. The summed E-state index contributed by atoms with van der Waals surface area (Å²) in [5, 5.41) is 7.00. The predicted octanol–water partition coefficient (Wildman–Crippen LogP) is 2.46. The number of amides is 1. The van der Waals surface area contributed by atoms with Gasteiger partial charge in [0.1, 0.15) is 5.82 Å². The number of fused-ring (bicyclic) bond motifs is 1. The molecule has 0 saturated carbocycles. The van der Waals surface area contributed by atoms with Crippen LogP contribution in [0.4, 0.5) is 5.82 Å². The Labute approximate surface area is 160 Å². The molecule has 6 heteroatoms. The summed E-state index contributed by atoms with van der Waals surface area (Å²) in [6.45, 7) is 5.97. The minimum Gasteiger partial charge on any atom is -0.369 e. The largest absolute Gasteiger partial charge is 0.369 e. The van der Waals surface area contributed by atoms with Crippen LogP contribution in [0, 0.1) is 5.92 Å². The van der Waals surface area contributed by atoms with Gasteiger partial charge in [-0.05, 0) is 31.7 Å². The highest BCUT2D eigenvalue weighted by atomic mass is 16.2. The molecule has 1 amide bonds. The van der Waals surface area contributed by atoms with Crippen molar-refractivity contribution in [3.63, 3.8) is 0 Å². The Morgan fingerprint density at radius 1 is 1.30 bits per heavy atom. The van der Waals surface area contributed by atoms with Crippen LogP contribution in [-0.4, -0.2) is 47.0 Å². The fourth-order valence-electron chi connectivity index (χ4n) is 3.98. The van der Waals surface area contributed by atoms with Crippen LogP contribution < -0.4 is 10.6 Å². The zero-order chi connectivity index (χ0) is 18.6. The maximum absolute atomic E-state index is 11.7. The van der Waals surface area contributed by atoms with Crippen LogP contribution in [-0.2, 0) is 17.8 Å². The average molecular weight is 365 g/mol. The number of rotatable bonds is 4. The first-order chi connectivity index (χ1) is 13.2. The van der Waals surface area contributed by atoms with Gasteiger partial charge in [-0.15, -0.1) is 0 Å². The van der Waals surface area contributed by atoms with Crippen molar-refractivity contribution in [2.45, 2.75) is 32.7 Å². The number of aromatic nitrogens is 2. The highest BCUT2D eigenvalue weighted by Gasteiger charge is 2.23. The van der Waals surface area contributed by atoms with Gasteiger partial charge in [0.25, 0.3) is 0 Å². The molecule has 2 aliphatic heterocycles. The Hall–Kier alpha value is -2.47. The first kappa shape index (κ1) is 17.9. The quantitative estimate of drug-likeness (QED) is 0.871. The number of nitrogens with one attached hydrogen (secondary N) is 2. The van der Waals surface area contributed by atoms with Gasteiger partial charge < -0.3 is 15.5 Å². The van der Waals surface area contributed by atoms with E-state index >= 15 is 0 Å². The Bertz CT molecular complexity index is 808. The summed E-state index contributed by atoms with van der Waals surface area (Å²) in [6.07, 6.45) is 3.17. The summed E-state index contributed by atoms with van der Waals surface area (Å²) in [4.78, 5) is 23.3. The molecule has 1 saturated heterocycles. The summed E-state index contributed by atoms with van der Waals surface area (Å²) in [7, 11) is 0. The number of carbonyl (C=O) groups is 1. The standard InChI is InChI=1S/C21H27N5O/c1-15(27)26-11-5-6-16(14-26)12-23-21-18-9-10-22-13-19(18)24-20(25-21)17-7-3-2-4-8-17/h2-4,7-8,16,22H,5-6,9-14H2,1H3,(H,23,24,25). The Kier molecular flexibility index (Phi) is 5.34. The Morgan fingerprint density at radius 3 is 2.96 bits per heavy atom. The zero-order valence-corrected chi connectivity index (χ0v) is 15.9. The lowest BCUT2D eigenvalue weighted by atomic mass is 9.97. The van der Waals surface area contributed by atoms with Gasteiger partial charge >= 0.3 is 0 Å². The first-order valence-electron chi connectivity index (χ1n) is 9.86. The fourth-order valence-corrected chi connectivity index (χ4v) is 3.98. The number of piperidine rings is 1. The maximum atomic E-state index is 11.7. The van der Waals surface area contributed by atoms with E-state index in [2.05, 4.69) is 10.6 Å². The molecule has 1 aromatic heterocycles. The summed E-state index contributed by atoms with van der Waals surface area (Å²) < 4.78 is 0. The first-order valence-corrected chi connectivity index (χ1v) is 9.86. The molecule has 0 radical (unpaired) electrons. The number of hydrogen-bond donors (Lipinski definition) is 2. The minimum atomic E-state index is 0.177. The van der Waals surface area contributed by atoms with Crippen molar-refractivity contribution < 1.29 is 4.79 Å². The number of hydrogen-bond acceptors (Lipinski definition) is 5. The van der Waals surface area contributed by atoms with Gasteiger partial charge in [-0.1, -0.05) is 30.3 Å². The number of carbonyl (C=O) groups excluding carboxylic acids is 1. The molecule has 2 aliphatic rings. The molecule has 6 nitrogen and oxygen atoms in total. The van der Waals surface area contributed by atoms with E-state index in [-0.39, 0.29) is 5.91 Å². The van der Waals surface area contributed by atoms with Crippen molar-refractivity contribution in [2.75, 3.05) is 31.5 Å². The van der Waals surface area contributed by atoms with Crippen molar-refractivity contribution in [2.24, 2.45) is 5.92 Å². The van der Waals surface area contributed by atoms with Gasteiger partial charge in [0.2, 0.25) is 5.91 Å². The van der Waals surface area contributed by atoms with Crippen LogP contribution in [0.2, 0.25) is 0 Å². The molecule has 1 unspecified atom stereocenters. The molecule has 0 spiro atoms. The molecule has 0 bridgehead atoms. The highest BCUT2D eigenvalue weighted by molar-refractivity contribution is 5.73. The second-order valence-electron chi connectivity index (χ2n) is 7.47. The third kappa shape index (κ3) is 4.11. The van der Waals surface area contributed by atoms with E-state index in [1.165, 1.54) is 5.56 Å². The van der Waals surface area contributed by atoms with Crippen LogP contribution in [0.15, 0.2) is 30.3 Å². The molecule has 1 fully saturated rings. The number of likely N-dealkylation sites (tertiary alicyclic amines) is 1. The molecule has 1 aromatic carbocycles. The van der Waals surface area contributed by atoms with Crippen LogP contribution in [0.1, 0.15) is 31.0 Å². The monoisotopic (exact) mass is 365 g/mol. The number of anilines is 1. The minimum absolute atomic E-state index is 0.177. The van der Waals surface area contributed by atoms with E-state index in [9.17, 15) is 4.79 Å². The lowest BCUT2D eigenvalue weighted by Gasteiger charge is -2.32. The molecule has 1 atom stereocenters. The lowest BCUT2D eigenvalue weighted by molar-refractivity contribution is -0.130. The van der Waals surface area contributed by atoms with Crippen molar-refractivity contribution in [1.29, 1.82) is 0 Å². The maximum Gasteiger partial charge on any atom is 0.219 e. The highest BCUT2D eigenvalue weighted by Crippen LogP contribution is 2.26. The van der Waals surface area contributed by atoms with Crippen molar-refractivity contribution in [1.82, 2.24) is 20.2 Å². The Balaban J connectivity index is 1.55. The second-order valence-corrected chi connectivity index (χ2v) is 7.47. The summed E-state index contributed by atoms with van der Waals surface area (Å²) in [5.41, 5.74) is 3.36. The van der Waals surface area contributed by atoms with E-state index in [1.807, 2.05) is 35.2 Å². The van der Waals surface area contributed by atoms with Crippen molar-refractivity contribution >= 4 is 11.7 Å². The summed E-state index contributed by atoms with van der Waals surface area (Å²) in [6, 6.07) is 10.1. The Morgan fingerprint density at radius 2 is 2.15 bits per heavy atom. The van der Waals surface area contributed by atoms with Gasteiger partial charge in [0.05, 0.1) is 5.69 Å². The number of benzene rings is 1. The van der Waals surface area contributed by atoms with Crippen LogP contribution in [0.25, 0.3) is 11.4 Å². The van der Waals surface area contributed by atoms with Gasteiger partial charge in [0, 0.05) is 44.2 Å². The second kappa shape index (κ2) is 8.05. The van der Waals surface area contributed by atoms with E-state index in [0.29, 0.717) is 5.92 Å². The van der Waals surface area contributed by atoms with Gasteiger partial charge in [-0.25, -0.2) is 9.97 Å². The van der Waals surface area contributed by atoms with Gasteiger partial charge in [0.15, 0.2) is 5.82 Å². The summed E-state index contributed by atoms with van der Waals surface area (Å²) >= 11 is 0. The van der Waals surface area contributed by atoms with Crippen LogP contribution in [0.3, 0.4) is 0 Å². The van der Waals surface area contributed by atoms with Crippen LogP contribution in [0.5, 0.6) is 0 Å². The molecule has 2 aromatic rings. The predicted molar refractivity (Wildman–Crippen MR) is 106 cm³/mol. The molecule has 142 valence electrons. The van der Waals surface area contributed by atoms with Gasteiger partial charge in [-0.2, -0.15) is 0 Å². The molecule has 27 heavy (non-hydrogen) atoms. The fraction of sp³-hybridized carbons (Fsp3) is 0.476. The van der Waals surface area contributed by atoms with Crippen molar-refractivity contribution in [3.8, 4) is 11.4 Å². The average Bonchev–Trinajstić information content (AvgIpc) is 2.72. The number of nitrogens with zero attached hydrogens (tertiary/aromatic N) is 3. The van der Waals surface area contributed by atoms with E-state index in [0.717, 1.165) is 74.9 Å². The van der Waals surface area contributed by atoms with E-state index in [4.69, 9.17) is 9.97 Å². The molecule has 3 heterocycles. The molecule has 4 rings (SSSR count). The molecule has 0 aliphatic carbocycles. The van der Waals surface area contributed by atoms with Gasteiger partial charge in [-0.3, -0.25) is 4.79 Å². The van der Waals surface area contributed by atoms with Crippen LogP contribution >= 0.6 is 0 Å². The zero-order valence-electron chi connectivity index (χ0n) is 15.9. The van der Waals surface area contributed by atoms with Crippen molar-refractivity contribution in [3.05, 3.63) is 41.6 Å². The smallest absolute Gasteiger partial charge is 0.219 e. The third-order valence-corrected chi connectivity index (χ3v) is 5.49. The molecular formula is C21H27N5O. The van der Waals surface area contributed by atoms with E-state index in [1.54, 1.807) is 6.92 Å². The molecule has 2 N–H and O–H groups in total. The molecular weight excluding hydrogens is 338 g/mol. The normalized spacial score (nSPS) is 19.4. The summed E-state index contributed by atoms with van der Waals surface area (Å²) in [5.74, 6) is 2.38. The topological polar surface area (TPSA) is 70.2 Å².